The lowest BCUT2D eigenvalue weighted by atomic mass is 10.1. The van der Waals surface area contributed by atoms with Crippen molar-refractivity contribution < 1.29 is 14.6 Å². The summed E-state index contributed by atoms with van der Waals surface area (Å²) in [6, 6.07) is 0. The molecule has 3 nitrogen and oxygen atoms in total. The predicted octanol–water partition coefficient (Wildman–Crippen LogP) is 0.571. The number of aliphatic hydroxyl groups is 1. The molecule has 0 spiro atoms. The van der Waals surface area contributed by atoms with Crippen LogP contribution in [0.1, 0.15) is 19.3 Å². The molecule has 72 valence electrons. The number of ether oxygens (including phenoxy) is 1. The van der Waals surface area contributed by atoms with E-state index in [1.165, 1.54) is 7.11 Å². The normalized spacial score (nSPS) is 26.3. The molecule has 2 atom stereocenters. The van der Waals surface area contributed by atoms with Gasteiger partial charge in [0.2, 0.25) is 0 Å². The van der Waals surface area contributed by atoms with E-state index in [9.17, 15) is 4.79 Å². The summed E-state index contributed by atoms with van der Waals surface area (Å²) in [6.07, 6.45) is 2.57. The van der Waals surface area contributed by atoms with Gasteiger partial charge in [-0.25, -0.2) is 0 Å². The zero-order valence-electron chi connectivity index (χ0n) is 7.75. The summed E-state index contributed by atoms with van der Waals surface area (Å²) in [4.78, 5) is 11.1. The smallest absolute Gasteiger partial charge is 0.308 e. The van der Waals surface area contributed by atoms with E-state index in [2.05, 4.69) is 16.6 Å². The van der Waals surface area contributed by atoms with Crippen LogP contribution >= 0.6 is 0 Å². The Morgan fingerprint density at radius 3 is 3.00 bits per heavy atom. The van der Waals surface area contributed by atoms with Gasteiger partial charge in [-0.05, 0) is 19.3 Å². The fraction of sp³-hybridized carbons (Fsp3) is 0.700. The molecule has 1 fully saturated rings. The summed E-state index contributed by atoms with van der Waals surface area (Å²) < 4.78 is 4.65. The maximum atomic E-state index is 11.1. The molecular formula is C10H14O3. The van der Waals surface area contributed by atoms with Gasteiger partial charge in [-0.2, -0.15) is 0 Å². The Morgan fingerprint density at radius 2 is 2.38 bits per heavy atom. The van der Waals surface area contributed by atoms with E-state index in [-0.39, 0.29) is 24.4 Å². The lowest BCUT2D eigenvalue weighted by Gasteiger charge is -2.04. The Labute approximate surface area is 78.1 Å². The zero-order chi connectivity index (χ0) is 9.68. The first-order valence-electron chi connectivity index (χ1n) is 4.45. The number of rotatable bonds is 1. The van der Waals surface area contributed by atoms with Crippen molar-refractivity contribution in [3.8, 4) is 11.8 Å². The quantitative estimate of drug-likeness (QED) is 0.476. The zero-order valence-corrected chi connectivity index (χ0v) is 7.75. The van der Waals surface area contributed by atoms with Crippen LogP contribution in [0.5, 0.6) is 0 Å². The highest BCUT2D eigenvalue weighted by Crippen LogP contribution is 2.30. The Hall–Kier alpha value is -1.01. The lowest BCUT2D eigenvalue weighted by Crippen LogP contribution is -2.12. The maximum Gasteiger partial charge on any atom is 0.308 e. The predicted molar refractivity (Wildman–Crippen MR) is 47.7 cm³/mol. The summed E-state index contributed by atoms with van der Waals surface area (Å²) in [5.41, 5.74) is 0. The minimum atomic E-state index is -0.131. The first-order chi connectivity index (χ1) is 6.27. The van der Waals surface area contributed by atoms with Crippen molar-refractivity contribution in [1.82, 2.24) is 0 Å². The second-order valence-electron chi connectivity index (χ2n) is 3.21. The van der Waals surface area contributed by atoms with Crippen molar-refractivity contribution in [3.05, 3.63) is 0 Å². The first-order valence-corrected chi connectivity index (χ1v) is 4.45. The third kappa shape index (κ3) is 2.74. The minimum absolute atomic E-state index is 0.0167. The van der Waals surface area contributed by atoms with Gasteiger partial charge in [0.15, 0.2) is 0 Å². The van der Waals surface area contributed by atoms with Crippen molar-refractivity contribution in [2.24, 2.45) is 11.8 Å². The number of carbonyl (C=O) groups is 1. The summed E-state index contributed by atoms with van der Waals surface area (Å²) in [6.45, 7) is -0.0978. The van der Waals surface area contributed by atoms with Crippen LogP contribution in [-0.4, -0.2) is 24.8 Å². The average Bonchev–Trinajstić information content (AvgIpc) is 2.62. The molecule has 0 aromatic rings. The molecule has 0 radical (unpaired) electrons. The van der Waals surface area contributed by atoms with Crippen LogP contribution in [0.4, 0.5) is 0 Å². The summed E-state index contributed by atoms with van der Waals surface area (Å²) >= 11 is 0. The van der Waals surface area contributed by atoms with Gasteiger partial charge in [0.1, 0.15) is 6.61 Å². The lowest BCUT2D eigenvalue weighted by molar-refractivity contribution is -0.145. The van der Waals surface area contributed by atoms with Crippen LogP contribution in [0.3, 0.4) is 0 Å². The van der Waals surface area contributed by atoms with Crippen LogP contribution in [0, 0.1) is 23.7 Å². The van der Waals surface area contributed by atoms with Crippen molar-refractivity contribution in [2.45, 2.75) is 19.3 Å². The molecule has 0 heterocycles. The molecule has 1 rings (SSSR count). The van der Waals surface area contributed by atoms with Crippen molar-refractivity contribution in [1.29, 1.82) is 0 Å². The molecule has 0 saturated heterocycles. The fourth-order valence-electron chi connectivity index (χ4n) is 1.68. The number of hydrogen-bond donors (Lipinski definition) is 1. The molecule has 0 aliphatic heterocycles. The molecule has 0 aromatic carbocycles. The van der Waals surface area contributed by atoms with Crippen LogP contribution in [0.25, 0.3) is 0 Å². The van der Waals surface area contributed by atoms with E-state index in [0.717, 1.165) is 19.3 Å². The average molecular weight is 182 g/mol. The topological polar surface area (TPSA) is 46.5 Å². The highest BCUT2D eigenvalue weighted by atomic mass is 16.5. The Balaban J connectivity index is 2.40. The largest absolute Gasteiger partial charge is 0.469 e. The molecule has 0 bridgehead atoms. The standard InChI is InChI=1S/C10H14O3/c1-13-10(12)9-5-4-8(7-9)3-2-6-11/h8-9,11H,4-7H2,1H3/t8-,9-/m0/s1. The van der Waals surface area contributed by atoms with Crippen LogP contribution < -0.4 is 0 Å². The highest BCUT2D eigenvalue weighted by Gasteiger charge is 2.29. The van der Waals surface area contributed by atoms with Crippen LogP contribution in [0.15, 0.2) is 0 Å². The molecular weight excluding hydrogens is 168 g/mol. The van der Waals surface area contributed by atoms with E-state index >= 15 is 0 Å². The molecule has 0 amide bonds. The molecule has 3 heteroatoms. The number of esters is 1. The minimum Gasteiger partial charge on any atom is -0.469 e. The van der Waals surface area contributed by atoms with Gasteiger partial charge in [-0.3, -0.25) is 4.79 Å². The number of methoxy groups -OCH3 is 1. The van der Waals surface area contributed by atoms with E-state index in [1.807, 2.05) is 0 Å². The van der Waals surface area contributed by atoms with Gasteiger partial charge in [0.05, 0.1) is 13.0 Å². The van der Waals surface area contributed by atoms with Crippen LogP contribution in [0.2, 0.25) is 0 Å². The Kier molecular flexibility index (Phi) is 3.78. The molecule has 1 N–H and O–H groups in total. The molecule has 0 unspecified atom stereocenters. The van der Waals surface area contributed by atoms with Crippen molar-refractivity contribution in [3.63, 3.8) is 0 Å². The van der Waals surface area contributed by atoms with Crippen LogP contribution in [-0.2, 0) is 9.53 Å². The maximum absolute atomic E-state index is 11.1. The third-order valence-electron chi connectivity index (χ3n) is 2.35. The number of hydrogen-bond acceptors (Lipinski definition) is 3. The van der Waals surface area contributed by atoms with E-state index in [4.69, 9.17) is 5.11 Å². The van der Waals surface area contributed by atoms with Gasteiger partial charge in [0, 0.05) is 5.92 Å². The molecule has 13 heavy (non-hydrogen) atoms. The molecule has 1 aliphatic carbocycles. The summed E-state index contributed by atoms with van der Waals surface area (Å²) in [5.74, 6) is 5.70. The van der Waals surface area contributed by atoms with E-state index in [1.54, 1.807) is 0 Å². The third-order valence-corrected chi connectivity index (χ3v) is 2.35. The molecule has 0 aromatic heterocycles. The SMILES string of the molecule is COC(=O)[C@H]1CC[C@H](C#CCO)C1. The van der Waals surface area contributed by atoms with Crippen molar-refractivity contribution >= 4 is 5.97 Å². The van der Waals surface area contributed by atoms with Gasteiger partial charge in [-0.1, -0.05) is 11.8 Å². The number of carbonyl (C=O) groups excluding carboxylic acids is 1. The van der Waals surface area contributed by atoms with Gasteiger partial charge >= 0.3 is 5.97 Å². The highest BCUT2D eigenvalue weighted by molar-refractivity contribution is 5.72. The molecule has 1 saturated carbocycles. The summed E-state index contributed by atoms with van der Waals surface area (Å²) in [5, 5.41) is 8.48. The second kappa shape index (κ2) is 4.88. The van der Waals surface area contributed by atoms with Gasteiger partial charge in [-0.15, -0.1) is 0 Å². The summed E-state index contributed by atoms with van der Waals surface area (Å²) in [7, 11) is 1.41. The van der Waals surface area contributed by atoms with E-state index < -0.39 is 0 Å². The number of aliphatic hydroxyl groups excluding tert-OH is 1. The van der Waals surface area contributed by atoms with Gasteiger partial charge < -0.3 is 9.84 Å². The van der Waals surface area contributed by atoms with E-state index in [0.29, 0.717) is 0 Å². The fourth-order valence-corrected chi connectivity index (χ4v) is 1.68. The second-order valence-corrected chi connectivity index (χ2v) is 3.21. The Bertz CT molecular complexity index is 236. The monoisotopic (exact) mass is 182 g/mol. The van der Waals surface area contributed by atoms with Gasteiger partial charge in [0.25, 0.3) is 0 Å². The van der Waals surface area contributed by atoms with Crippen molar-refractivity contribution in [2.75, 3.05) is 13.7 Å². The Morgan fingerprint density at radius 1 is 1.62 bits per heavy atom. The molecule has 1 aliphatic rings. The first kappa shape index (κ1) is 10.1.